The molecule has 4 nitrogen and oxygen atoms in total. The zero-order chi connectivity index (χ0) is 31.3. The number of hydrogen-bond donors (Lipinski definition) is 1. The van der Waals surface area contributed by atoms with Gasteiger partial charge < -0.3 is 4.98 Å². The molecule has 0 saturated carbocycles. The number of allylic oxidation sites excluding steroid dienone is 3. The number of hydrogen-bond acceptors (Lipinski definition) is 3. The van der Waals surface area contributed by atoms with Gasteiger partial charge in [-0.2, -0.15) is 10.5 Å². The van der Waals surface area contributed by atoms with Gasteiger partial charge in [-0.25, -0.2) is 0 Å². The maximum absolute atomic E-state index is 10.7. The van der Waals surface area contributed by atoms with Gasteiger partial charge in [0.2, 0.25) is 0 Å². The van der Waals surface area contributed by atoms with Crippen LogP contribution in [0.25, 0.3) is 34.1 Å². The van der Waals surface area contributed by atoms with Crippen LogP contribution in [0.5, 0.6) is 0 Å². The second-order valence-electron chi connectivity index (χ2n) is 10.8. The van der Waals surface area contributed by atoms with Crippen LogP contribution in [0.3, 0.4) is 0 Å². The Kier molecular flexibility index (Phi) is 9.24. The van der Waals surface area contributed by atoms with Crippen molar-refractivity contribution >= 4 is 34.2 Å². The number of aromatic amines is 1. The molecule has 1 aromatic heterocycles. The van der Waals surface area contributed by atoms with Gasteiger partial charge in [0.15, 0.2) is 0 Å². The Morgan fingerprint density at radius 3 is 2.02 bits per heavy atom. The summed E-state index contributed by atoms with van der Waals surface area (Å²) in [6.07, 6.45) is 1.81. The molecule has 3 aromatic carbocycles. The van der Waals surface area contributed by atoms with Gasteiger partial charge in [-0.15, -0.1) is 0 Å². The molecule has 0 fully saturated rings. The highest BCUT2D eigenvalue weighted by Gasteiger charge is 2.21. The zero-order valence-electron chi connectivity index (χ0n) is 25.8. The van der Waals surface area contributed by atoms with Gasteiger partial charge in [0.25, 0.3) is 0 Å². The fraction of sp³-hybridized carbons (Fsp3) is 0.154. The van der Waals surface area contributed by atoms with E-state index in [0.29, 0.717) is 27.8 Å². The molecule has 0 saturated heterocycles. The second kappa shape index (κ2) is 13.0. The van der Waals surface area contributed by atoms with E-state index < -0.39 is 0 Å². The molecule has 0 spiro atoms. The highest BCUT2D eigenvalue weighted by molar-refractivity contribution is 6.22. The third-order valence-corrected chi connectivity index (χ3v) is 7.78. The molecule has 4 rings (SSSR count). The Hall–Kier alpha value is -5.45. The Balaban J connectivity index is 2.32. The summed E-state index contributed by atoms with van der Waals surface area (Å²) in [5.74, 6) is 0. The molecule has 0 unspecified atom stereocenters. The fourth-order valence-electron chi connectivity index (χ4n) is 5.37. The Bertz CT molecular complexity index is 2010. The SMILES string of the molecule is C=Cc1ccc(/C(C)=c2/c(/C(C)=C(\C#N)C(=C)C)c(-c3ccccc3C)[nH]/c2=C(/C#N)C(C)=Nc2ccccc2C)cc1. The number of aromatic nitrogens is 1. The summed E-state index contributed by atoms with van der Waals surface area (Å²) >= 11 is 0. The van der Waals surface area contributed by atoms with Crippen LogP contribution in [-0.2, 0) is 0 Å². The van der Waals surface area contributed by atoms with Crippen molar-refractivity contribution in [1.29, 1.82) is 10.5 Å². The minimum absolute atomic E-state index is 0.433. The van der Waals surface area contributed by atoms with E-state index in [0.717, 1.165) is 61.1 Å². The topological polar surface area (TPSA) is 75.7 Å². The minimum atomic E-state index is 0.433. The van der Waals surface area contributed by atoms with E-state index in [4.69, 9.17) is 4.99 Å². The number of aryl methyl sites for hydroxylation is 2. The third kappa shape index (κ3) is 6.10. The molecule has 1 heterocycles. The number of para-hydroxylation sites is 1. The van der Waals surface area contributed by atoms with Crippen molar-refractivity contribution in [3.05, 3.63) is 135 Å². The summed E-state index contributed by atoms with van der Waals surface area (Å²) in [5, 5.41) is 22.4. The monoisotopic (exact) mass is 560 g/mol. The molecule has 1 N–H and O–H groups in total. The molecular weight excluding hydrogens is 524 g/mol. The molecule has 0 bridgehead atoms. The Morgan fingerprint density at radius 2 is 1.47 bits per heavy atom. The second-order valence-corrected chi connectivity index (χ2v) is 10.8. The Morgan fingerprint density at radius 1 is 0.837 bits per heavy atom. The third-order valence-electron chi connectivity index (χ3n) is 7.78. The van der Waals surface area contributed by atoms with Crippen molar-refractivity contribution < 1.29 is 0 Å². The molecule has 212 valence electrons. The van der Waals surface area contributed by atoms with E-state index >= 15 is 0 Å². The smallest absolute Gasteiger partial charge is 0.103 e. The molecule has 0 aliphatic rings. The predicted octanol–water partition coefficient (Wildman–Crippen LogP) is 8.50. The van der Waals surface area contributed by atoms with Gasteiger partial charge in [0, 0.05) is 16.3 Å². The summed E-state index contributed by atoms with van der Waals surface area (Å²) in [7, 11) is 0. The molecule has 0 aliphatic heterocycles. The maximum atomic E-state index is 10.7. The number of rotatable bonds is 7. The number of nitrogens with zero attached hydrogens (tertiary/aromatic N) is 3. The number of aliphatic imine (C=N–C) groups is 1. The van der Waals surface area contributed by atoms with E-state index in [9.17, 15) is 10.5 Å². The first-order chi connectivity index (χ1) is 20.6. The highest BCUT2D eigenvalue weighted by atomic mass is 14.8. The van der Waals surface area contributed by atoms with Gasteiger partial charge in [-0.05, 0) is 86.6 Å². The van der Waals surface area contributed by atoms with E-state index in [1.165, 1.54) is 0 Å². The van der Waals surface area contributed by atoms with Crippen LogP contribution in [0.1, 0.15) is 55.5 Å². The zero-order valence-corrected chi connectivity index (χ0v) is 25.8. The average molecular weight is 561 g/mol. The van der Waals surface area contributed by atoms with Gasteiger partial charge >= 0.3 is 0 Å². The number of nitrogens with one attached hydrogen (secondary N) is 1. The fourth-order valence-corrected chi connectivity index (χ4v) is 5.37. The summed E-state index contributed by atoms with van der Waals surface area (Å²) in [6, 6.07) is 29.0. The van der Waals surface area contributed by atoms with Crippen LogP contribution < -0.4 is 10.6 Å². The van der Waals surface area contributed by atoms with Crippen molar-refractivity contribution in [3.63, 3.8) is 0 Å². The summed E-state index contributed by atoms with van der Waals surface area (Å²) in [5.41, 5.74) is 11.6. The first-order valence-corrected chi connectivity index (χ1v) is 14.2. The first-order valence-electron chi connectivity index (χ1n) is 14.2. The van der Waals surface area contributed by atoms with Gasteiger partial charge in [0.1, 0.15) is 6.07 Å². The van der Waals surface area contributed by atoms with Gasteiger partial charge in [0.05, 0.1) is 39.7 Å². The van der Waals surface area contributed by atoms with Crippen LogP contribution in [0.4, 0.5) is 5.69 Å². The molecule has 0 aliphatic carbocycles. The molecule has 4 heteroatoms. The summed E-state index contributed by atoms with van der Waals surface area (Å²) < 4.78 is 0. The highest BCUT2D eigenvalue weighted by Crippen LogP contribution is 2.31. The standard InChI is InChI=1S/C39H36N4/c1-9-30-18-20-31(21-19-30)27(6)36-37(28(7)33(22-40)24(2)3)38(32-16-12-10-14-25(32)4)43-39(36)34(23-41)29(8)42-35-17-13-11-15-26(35)5/h9-21,43H,1-2H2,3-8H3/b33-28+,36-27-,39-34-,42-29?. The number of benzene rings is 3. The van der Waals surface area contributed by atoms with Crippen molar-refractivity contribution in [2.24, 2.45) is 4.99 Å². The lowest BCUT2D eigenvalue weighted by Crippen LogP contribution is -2.31. The average Bonchev–Trinajstić information content (AvgIpc) is 3.38. The first kappa shape index (κ1) is 30.5. The van der Waals surface area contributed by atoms with Crippen molar-refractivity contribution in [2.45, 2.75) is 41.5 Å². The molecule has 43 heavy (non-hydrogen) atoms. The maximum Gasteiger partial charge on any atom is 0.103 e. The van der Waals surface area contributed by atoms with E-state index in [-0.39, 0.29) is 0 Å². The van der Waals surface area contributed by atoms with Crippen LogP contribution >= 0.6 is 0 Å². The molecular formula is C39H36N4. The van der Waals surface area contributed by atoms with Crippen LogP contribution in [0, 0.1) is 36.5 Å². The normalized spacial score (nSPS) is 13.3. The molecule has 0 radical (unpaired) electrons. The number of nitriles is 2. The van der Waals surface area contributed by atoms with E-state index in [1.807, 2.05) is 82.3 Å². The summed E-state index contributed by atoms with van der Waals surface area (Å²) in [4.78, 5) is 8.56. The van der Waals surface area contributed by atoms with Crippen molar-refractivity contribution in [3.8, 4) is 23.4 Å². The lowest BCUT2D eigenvalue weighted by Gasteiger charge is -2.12. The Labute approximate surface area is 254 Å². The number of H-pyrrole nitrogens is 1. The van der Waals surface area contributed by atoms with E-state index in [2.05, 4.69) is 68.4 Å². The minimum Gasteiger partial charge on any atom is -0.353 e. The largest absolute Gasteiger partial charge is 0.353 e. The lowest BCUT2D eigenvalue weighted by molar-refractivity contribution is 1.28. The van der Waals surface area contributed by atoms with Gasteiger partial charge in [-0.3, -0.25) is 4.99 Å². The van der Waals surface area contributed by atoms with E-state index in [1.54, 1.807) is 0 Å². The predicted molar refractivity (Wildman–Crippen MR) is 181 cm³/mol. The van der Waals surface area contributed by atoms with Gasteiger partial charge in [-0.1, -0.05) is 86.0 Å². The van der Waals surface area contributed by atoms with Crippen molar-refractivity contribution in [1.82, 2.24) is 4.98 Å². The molecule has 0 atom stereocenters. The van der Waals surface area contributed by atoms with Crippen LogP contribution in [-0.4, -0.2) is 10.7 Å². The quantitative estimate of drug-likeness (QED) is 0.140. The van der Waals surface area contributed by atoms with Crippen LogP contribution in [0.15, 0.2) is 102 Å². The molecule has 0 amide bonds. The summed E-state index contributed by atoms with van der Waals surface area (Å²) in [6.45, 7) is 19.8. The molecule has 4 aromatic rings. The van der Waals surface area contributed by atoms with Crippen LogP contribution in [0.2, 0.25) is 0 Å². The lowest BCUT2D eigenvalue weighted by atomic mass is 9.91. The van der Waals surface area contributed by atoms with Crippen molar-refractivity contribution in [2.75, 3.05) is 0 Å².